The van der Waals surface area contributed by atoms with Crippen LogP contribution in [-0.4, -0.2) is 29.0 Å². The molecule has 0 saturated carbocycles. The van der Waals surface area contributed by atoms with Gasteiger partial charge in [0, 0.05) is 0 Å². The van der Waals surface area contributed by atoms with E-state index in [0.717, 1.165) is 0 Å². The Balaban J connectivity index is 1.02. The number of thiophene rings is 4. The zero-order valence-corrected chi connectivity index (χ0v) is 40.3. The molecule has 54 heavy (non-hydrogen) atoms. The van der Waals surface area contributed by atoms with Gasteiger partial charge in [-0.2, -0.15) is 0 Å². The first-order valence-corrected chi connectivity index (χ1v) is 28.3. The number of hydrogen-bond donors (Lipinski definition) is 0. The van der Waals surface area contributed by atoms with Crippen molar-refractivity contribution in [3.05, 3.63) is 69.4 Å². The topological polar surface area (TPSA) is 0 Å². The summed E-state index contributed by atoms with van der Waals surface area (Å²) in [5.74, 6) is 0. The van der Waals surface area contributed by atoms with Crippen LogP contribution in [0.15, 0.2) is 47.2 Å². The van der Waals surface area contributed by atoms with E-state index < -0.39 is 0 Å². The molecule has 0 fully saturated rings. The number of fused-ring (bicyclic) bond motifs is 1. The van der Waals surface area contributed by atoms with Crippen LogP contribution in [0.5, 0.6) is 0 Å². The third-order valence-corrected chi connectivity index (χ3v) is 23.0. The summed E-state index contributed by atoms with van der Waals surface area (Å²) in [4.78, 5) is 9.06. The van der Waals surface area contributed by atoms with E-state index in [9.17, 15) is 0 Å². The van der Waals surface area contributed by atoms with Crippen molar-refractivity contribution in [3.63, 3.8) is 0 Å². The fraction of sp³-hybridized carbons (Fsp3) is 0.542. The van der Waals surface area contributed by atoms with Gasteiger partial charge in [-0.25, -0.2) is 0 Å². The van der Waals surface area contributed by atoms with Crippen LogP contribution < -0.4 is 0 Å². The molecule has 0 unspecified atom stereocenters. The summed E-state index contributed by atoms with van der Waals surface area (Å²) in [5, 5.41) is 4.65. The van der Waals surface area contributed by atoms with Gasteiger partial charge >= 0.3 is 281 Å². The maximum atomic E-state index is 2.44. The molecule has 0 aliphatic rings. The molecule has 6 aromatic rings. The van der Waals surface area contributed by atoms with Crippen molar-refractivity contribution in [2.75, 3.05) is 0 Å². The minimum atomic E-state index is 0.402. The standard InChI is InChI=1S/C48H64S4Se2/c1-5-7-9-11-13-15-17-19-21-23-25-37-31-33-49-43(37)39-27-29-41(51-39)45-35(3)47-48(53-45)36(4)46(54-47)42-30-28-40(52-42)44-38(32-34-50-44)26-24-22-20-18-16-14-12-10-8-6-2/h27-34H,5-26H2,1-4H3. The molecule has 0 aromatic carbocycles. The average Bonchev–Trinajstić information content (AvgIpc) is 4.03. The first kappa shape index (κ1) is 42.7. The van der Waals surface area contributed by atoms with Crippen molar-refractivity contribution < 1.29 is 0 Å². The van der Waals surface area contributed by atoms with Crippen molar-refractivity contribution in [3.8, 4) is 38.1 Å². The van der Waals surface area contributed by atoms with E-state index in [4.69, 9.17) is 0 Å². The molecule has 0 atom stereocenters. The fourth-order valence-electron chi connectivity index (χ4n) is 7.89. The SMILES string of the molecule is CCCCCCCCCCCCc1ccsc1-c1ccc(-c2[se]c3c(C)c(-c4ccc(-c5sccc5CCCCCCCCCCCC)s4)[se]c3c2C)s1. The van der Waals surface area contributed by atoms with Gasteiger partial charge in [-0.05, 0) is 0 Å². The number of aryl methyl sites for hydroxylation is 4. The molecule has 0 bridgehead atoms. The Morgan fingerprint density at radius 2 is 0.741 bits per heavy atom. The van der Waals surface area contributed by atoms with Gasteiger partial charge < -0.3 is 0 Å². The second-order valence-corrected chi connectivity index (χ2v) is 23.8. The summed E-state index contributed by atoms with van der Waals surface area (Å²) in [6.07, 6.45) is 30.6. The second kappa shape index (κ2) is 22.9. The monoisotopic (exact) mass is 928 g/mol. The van der Waals surface area contributed by atoms with Crippen LogP contribution in [0.3, 0.4) is 0 Å². The van der Waals surface area contributed by atoms with Crippen LogP contribution in [0.25, 0.3) is 46.7 Å². The predicted octanol–water partition coefficient (Wildman–Crippen LogP) is 17.4. The molecule has 0 saturated heterocycles. The molecule has 6 rings (SSSR count). The summed E-state index contributed by atoms with van der Waals surface area (Å²) in [7, 11) is 0. The summed E-state index contributed by atoms with van der Waals surface area (Å²) < 4.78 is 6.70. The molecule has 0 N–H and O–H groups in total. The Labute approximate surface area is 356 Å². The van der Waals surface area contributed by atoms with Gasteiger partial charge in [-0.3, -0.25) is 0 Å². The Kier molecular flexibility index (Phi) is 18.1. The van der Waals surface area contributed by atoms with Crippen LogP contribution >= 0.6 is 45.3 Å². The Morgan fingerprint density at radius 1 is 0.407 bits per heavy atom. The van der Waals surface area contributed by atoms with E-state index in [1.807, 2.05) is 22.7 Å². The molecule has 0 spiro atoms. The number of unbranched alkanes of at least 4 members (excludes halogenated alkanes) is 18. The quantitative estimate of drug-likeness (QED) is 0.0376. The number of rotatable bonds is 26. The first-order chi connectivity index (χ1) is 26.6. The van der Waals surface area contributed by atoms with E-state index in [-0.39, 0.29) is 0 Å². The van der Waals surface area contributed by atoms with Gasteiger partial charge in [-0.1, -0.05) is 78.1 Å². The zero-order valence-electron chi connectivity index (χ0n) is 33.6. The van der Waals surface area contributed by atoms with Crippen LogP contribution in [0.1, 0.15) is 165 Å². The average molecular weight is 927 g/mol. The van der Waals surface area contributed by atoms with Gasteiger partial charge in [-0.15, -0.1) is 0 Å². The zero-order chi connectivity index (χ0) is 37.5. The fourth-order valence-corrected chi connectivity index (χ4v) is 19.4. The summed E-state index contributed by atoms with van der Waals surface area (Å²) in [5.41, 5.74) is 6.34. The van der Waals surface area contributed by atoms with E-state index in [0.29, 0.717) is 29.0 Å². The summed E-state index contributed by atoms with van der Waals surface area (Å²) in [6.45, 7) is 9.48. The molecule has 292 valence electrons. The Bertz CT molecular complexity index is 1810. The van der Waals surface area contributed by atoms with Gasteiger partial charge in [0.15, 0.2) is 0 Å². The number of hydrogen-bond acceptors (Lipinski definition) is 4. The van der Waals surface area contributed by atoms with E-state index in [1.165, 1.54) is 171 Å². The van der Waals surface area contributed by atoms with E-state index in [1.54, 1.807) is 39.6 Å². The van der Waals surface area contributed by atoms with Crippen molar-refractivity contribution in [1.29, 1.82) is 0 Å². The van der Waals surface area contributed by atoms with E-state index in [2.05, 4.69) is 97.5 Å². The van der Waals surface area contributed by atoms with Crippen molar-refractivity contribution in [1.82, 2.24) is 0 Å². The molecule has 0 radical (unpaired) electrons. The summed E-state index contributed by atoms with van der Waals surface area (Å²) in [6, 6.07) is 14.5. The normalized spacial score (nSPS) is 11.9. The van der Waals surface area contributed by atoms with Gasteiger partial charge in [0.1, 0.15) is 0 Å². The molecule has 0 amide bonds. The molecular weight excluding hydrogens is 863 g/mol. The minimum absolute atomic E-state index is 0.402. The molecule has 6 heteroatoms. The second-order valence-electron chi connectivity index (χ2n) is 15.5. The maximum absolute atomic E-state index is 2.44. The molecular formula is C48H64S4Se2. The Morgan fingerprint density at radius 3 is 1.11 bits per heavy atom. The molecule has 0 aliphatic heterocycles. The van der Waals surface area contributed by atoms with Gasteiger partial charge in [0.2, 0.25) is 0 Å². The molecule has 6 heterocycles. The van der Waals surface area contributed by atoms with Crippen molar-refractivity contribution in [2.24, 2.45) is 0 Å². The van der Waals surface area contributed by atoms with Crippen molar-refractivity contribution >= 4 is 82.9 Å². The van der Waals surface area contributed by atoms with Crippen LogP contribution in [0, 0.1) is 13.8 Å². The van der Waals surface area contributed by atoms with E-state index >= 15 is 0 Å². The van der Waals surface area contributed by atoms with Crippen LogP contribution in [0.2, 0.25) is 0 Å². The van der Waals surface area contributed by atoms with Gasteiger partial charge in [0.25, 0.3) is 0 Å². The Hall–Kier alpha value is -0.941. The van der Waals surface area contributed by atoms with Gasteiger partial charge in [0.05, 0.1) is 0 Å². The first-order valence-electron chi connectivity index (χ1n) is 21.4. The predicted molar refractivity (Wildman–Crippen MR) is 252 cm³/mol. The van der Waals surface area contributed by atoms with Crippen LogP contribution in [0.4, 0.5) is 0 Å². The molecule has 6 aromatic heterocycles. The summed E-state index contributed by atoms with van der Waals surface area (Å²) >= 11 is 8.82. The molecule has 0 nitrogen and oxygen atoms in total. The third kappa shape index (κ3) is 11.6. The third-order valence-electron chi connectivity index (χ3n) is 11.2. The van der Waals surface area contributed by atoms with Crippen LogP contribution in [-0.2, 0) is 12.8 Å². The van der Waals surface area contributed by atoms with Crippen molar-refractivity contribution in [2.45, 2.75) is 169 Å². The molecule has 0 aliphatic carbocycles.